The Bertz CT molecular complexity index is 573. The molecule has 4 rings (SSSR count). The molecular weight excluding hydrogens is 304 g/mol. The van der Waals surface area contributed by atoms with Gasteiger partial charge in [0.15, 0.2) is 0 Å². The van der Waals surface area contributed by atoms with E-state index >= 15 is 0 Å². The van der Waals surface area contributed by atoms with E-state index in [-0.39, 0.29) is 18.1 Å². The maximum Gasteiger partial charge on any atom is 0.255 e. The number of furan rings is 1. The molecule has 24 heavy (non-hydrogen) atoms. The number of amides is 1. The molecule has 3 aliphatic rings. The first-order chi connectivity index (χ1) is 11.7. The molecule has 1 aromatic heterocycles. The number of nitrogens with zero attached hydrogens (tertiary/aromatic N) is 1. The van der Waals surface area contributed by atoms with Crippen LogP contribution in [0.5, 0.6) is 0 Å². The Morgan fingerprint density at radius 1 is 1.12 bits per heavy atom. The normalized spacial score (nSPS) is 29.5. The van der Waals surface area contributed by atoms with Crippen molar-refractivity contribution in [2.45, 2.75) is 75.5 Å². The average Bonchev–Trinajstić information content (AvgIpc) is 3.32. The van der Waals surface area contributed by atoms with Gasteiger partial charge < -0.3 is 14.8 Å². The van der Waals surface area contributed by atoms with Crippen molar-refractivity contribution < 1.29 is 14.3 Å². The predicted octanol–water partition coefficient (Wildman–Crippen LogP) is 2.65. The Balaban J connectivity index is 1.30. The molecule has 2 N–H and O–H groups in total. The molecule has 1 saturated heterocycles. The van der Waals surface area contributed by atoms with E-state index < -0.39 is 0 Å². The van der Waals surface area contributed by atoms with Gasteiger partial charge in [-0.3, -0.25) is 9.69 Å². The number of carbonyl (C=O) groups excluding carboxylic acids is 1. The van der Waals surface area contributed by atoms with Gasteiger partial charge in [-0.1, -0.05) is 12.8 Å². The van der Waals surface area contributed by atoms with Crippen LogP contribution in [0, 0.1) is 0 Å². The van der Waals surface area contributed by atoms with Crippen molar-refractivity contribution >= 4 is 5.91 Å². The number of piperidine rings is 1. The minimum Gasteiger partial charge on any atom is -0.468 e. The van der Waals surface area contributed by atoms with Crippen LogP contribution in [0.25, 0.3) is 0 Å². The maximum absolute atomic E-state index is 12.5. The Labute approximate surface area is 143 Å². The zero-order chi connectivity index (χ0) is 16.5. The molecule has 0 spiro atoms. The van der Waals surface area contributed by atoms with Gasteiger partial charge in [0.05, 0.1) is 17.9 Å². The van der Waals surface area contributed by atoms with Gasteiger partial charge in [0.2, 0.25) is 0 Å². The molecule has 0 radical (unpaired) electrons. The van der Waals surface area contributed by atoms with E-state index in [1.54, 1.807) is 12.3 Å². The Kier molecular flexibility index (Phi) is 4.63. The summed E-state index contributed by atoms with van der Waals surface area (Å²) in [5.41, 5.74) is 0.725. The molecule has 5 nitrogen and oxygen atoms in total. The first-order valence-electron chi connectivity index (χ1n) is 9.52. The van der Waals surface area contributed by atoms with Crippen LogP contribution in [0.15, 0.2) is 16.7 Å². The van der Waals surface area contributed by atoms with E-state index in [0.717, 1.165) is 69.4 Å². The lowest BCUT2D eigenvalue weighted by atomic mass is 9.89. The summed E-state index contributed by atoms with van der Waals surface area (Å²) in [6, 6.07) is 2.36. The highest BCUT2D eigenvalue weighted by Crippen LogP contribution is 2.42. The smallest absolute Gasteiger partial charge is 0.255 e. The van der Waals surface area contributed by atoms with Crippen molar-refractivity contribution in [3.05, 3.63) is 23.7 Å². The number of rotatable bonds is 4. The average molecular weight is 332 g/mol. The van der Waals surface area contributed by atoms with Crippen molar-refractivity contribution in [2.75, 3.05) is 13.1 Å². The number of aliphatic hydroxyl groups excluding tert-OH is 1. The lowest BCUT2D eigenvalue weighted by molar-refractivity contribution is 0.00727. The molecule has 3 fully saturated rings. The fourth-order valence-corrected chi connectivity index (χ4v) is 4.33. The van der Waals surface area contributed by atoms with Crippen LogP contribution < -0.4 is 5.32 Å². The fourth-order valence-electron chi connectivity index (χ4n) is 4.33. The van der Waals surface area contributed by atoms with Crippen molar-refractivity contribution in [1.82, 2.24) is 10.2 Å². The topological polar surface area (TPSA) is 65.7 Å². The Hall–Kier alpha value is -1.33. The minimum absolute atomic E-state index is 0.0156. The van der Waals surface area contributed by atoms with E-state index in [0.29, 0.717) is 12.0 Å². The highest BCUT2D eigenvalue weighted by Gasteiger charge is 2.34. The van der Waals surface area contributed by atoms with Crippen LogP contribution in [0.3, 0.4) is 0 Å². The van der Waals surface area contributed by atoms with Gasteiger partial charge in [-0.2, -0.15) is 0 Å². The largest absolute Gasteiger partial charge is 0.468 e. The highest BCUT2D eigenvalue weighted by molar-refractivity contribution is 5.95. The first kappa shape index (κ1) is 16.2. The quantitative estimate of drug-likeness (QED) is 0.890. The summed E-state index contributed by atoms with van der Waals surface area (Å²) in [6.45, 7) is 1.93. The Morgan fingerprint density at radius 3 is 2.58 bits per heavy atom. The van der Waals surface area contributed by atoms with Gasteiger partial charge in [0.25, 0.3) is 5.91 Å². The van der Waals surface area contributed by atoms with Crippen LogP contribution in [0.2, 0.25) is 0 Å². The number of likely N-dealkylation sites (tertiary alicyclic amines) is 1. The third kappa shape index (κ3) is 3.38. The summed E-state index contributed by atoms with van der Waals surface area (Å²) in [5, 5.41) is 13.4. The van der Waals surface area contributed by atoms with Gasteiger partial charge in [-0.25, -0.2) is 0 Å². The second-order valence-electron chi connectivity index (χ2n) is 7.68. The fraction of sp³-hybridized carbons (Fsp3) is 0.737. The number of hydrogen-bond donors (Lipinski definition) is 2. The van der Waals surface area contributed by atoms with Gasteiger partial charge in [0.1, 0.15) is 5.76 Å². The molecule has 0 unspecified atom stereocenters. The minimum atomic E-state index is -0.170. The third-order valence-corrected chi connectivity index (χ3v) is 5.92. The molecule has 2 heterocycles. The number of hydrogen-bond acceptors (Lipinski definition) is 4. The van der Waals surface area contributed by atoms with Crippen molar-refractivity contribution in [3.8, 4) is 0 Å². The molecule has 0 aromatic carbocycles. The van der Waals surface area contributed by atoms with Crippen LogP contribution in [0.4, 0.5) is 0 Å². The number of aliphatic hydroxyl groups is 1. The molecule has 5 heteroatoms. The molecule has 1 aliphatic heterocycles. The van der Waals surface area contributed by atoms with E-state index in [1.807, 2.05) is 0 Å². The number of carbonyl (C=O) groups is 1. The van der Waals surface area contributed by atoms with Crippen LogP contribution in [0.1, 0.15) is 73.4 Å². The first-order valence-corrected chi connectivity index (χ1v) is 9.52. The summed E-state index contributed by atoms with van der Waals surface area (Å²) in [7, 11) is 0. The Morgan fingerprint density at radius 2 is 1.88 bits per heavy atom. The molecule has 132 valence electrons. The second kappa shape index (κ2) is 6.89. The lowest BCUT2D eigenvalue weighted by Gasteiger charge is -2.41. The maximum atomic E-state index is 12.5. The molecule has 1 amide bonds. The predicted molar refractivity (Wildman–Crippen MR) is 91.0 cm³/mol. The third-order valence-electron chi connectivity index (χ3n) is 5.92. The SMILES string of the molecule is O=C(NC1CCN([C@H]2CCCC[C@H]2O)CC1)c1ccoc1C1CC1. The zero-order valence-electron chi connectivity index (χ0n) is 14.2. The van der Waals surface area contributed by atoms with E-state index in [9.17, 15) is 9.90 Å². The molecule has 2 aliphatic carbocycles. The van der Waals surface area contributed by atoms with E-state index in [1.165, 1.54) is 6.42 Å². The molecule has 2 saturated carbocycles. The van der Waals surface area contributed by atoms with Crippen LogP contribution >= 0.6 is 0 Å². The van der Waals surface area contributed by atoms with Gasteiger partial charge in [0, 0.05) is 31.1 Å². The summed E-state index contributed by atoms with van der Waals surface area (Å²) in [4.78, 5) is 15.0. The number of nitrogens with one attached hydrogen (secondary N) is 1. The second-order valence-corrected chi connectivity index (χ2v) is 7.68. The summed E-state index contributed by atoms with van der Waals surface area (Å²) < 4.78 is 5.51. The standard InChI is InChI=1S/C19H28N2O3/c22-17-4-2-1-3-16(17)21-10-7-14(8-11-21)20-19(23)15-9-12-24-18(15)13-5-6-13/h9,12-14,16-17,22H,1-8,10-11H2,(H,20,23)/t16-,17+/m0/s1. The van der Waals surface area contributed by atoms with Crippen molar-refractivity contribution in [3.63, 3.8) is 0 Å². The van der Waals surface area contributed by atoms with Crippen molar-refractivity contribution in [2.24, 2.45) is 0 Å². The summed E-state index contributed by atoms with van der Waals surface area (Å²) in [6.07, 6.45) is 10.1. The van der Waals surface area contributed by atoms with E-state index in [2.05, 4.69) is 10.2 Å². The van der Waals surface area contributed by atoms with Crippen LogP contribution in [-0.2, 0) is 0 Å². The summed E-state index contributed by atoms with van der Waals surface area (Å²) >= 11 is 0. The van der Waals surface area contributed by atoms with Gasteiger partial charge in [-0.05, 0) is 44.6 Å². The lowest BCUT2D eigenvalue weighted by Crippen LogP contribution is -2.52. The molecule has 1 aromatic rings. The monoisotopic (exact) mass is 332 g/mol. The van der Waals surface area contributed by atoms with E-state index in [4.69, 9.17) is 4.42 Å². The van der Waals surface area contributed by atoms with Crippen molar-refractivity contribution in [1.29, 1.82) is 0 Å². The highest BCUT2D eigenvalue weighted by atomic mass is 16.3. The zero-order valence-corrected chi connectivity index (χ0v) is 14.2. The summed E-state index contributed by atoms with van der Waals surface area (Å²) in [5.74, 6) is 1.34. The molecule has 2 atom stereocenters. The van der Waals surface area contributed by atoms with Crippen LogP contribution in [-0.4, -0.2) is 47.2 Å². The molecule has 0 bridgehead atoms. The molecular formula is C19H28N2O3. The van der Waals surface area contributed by atoms with Gasteiger partial charge in [-0.15, -0.1) is 0 Å². The van der Waals surface area contributed by atoms with Gasteiger partial charge >= 0.3 is 0 Å².